The molecule has 3 atom stereocenters. The number of fused-ring (bicyclic) bond motifs is 1. The second-order valence-corrected chi connectivity index (χ2v) is 7.39. The van der Waals surface area contributed by atoms with Crippen LogP contribution in [0.15, 0.2) is 29.3 Å². The summed E-state index contributed by atoms with van der Waals surface area (Å²) in [6.45, 7) is 9.17. The molecule has 1 aromatic rings. The Morgan fingerprint density at radius 1 is 1.32 bits per heavy atom. The van der Waals surface area contributed by atoms with Crippen molar-refractivity contribution in [2.24, 2.45) is 4.99 Å². The first-order chi connectivity index (χ1) is 12.2. The Bertz CT molecular complexity index is 572. The number of nitrogens with zero attached hydrogens (tertiary/aromatic N) is 2. The first-order valence-electron chi connectivity index (χ1n) is 9.52. The number of hydrogen-bond acceptors (Lipinski definition) is 3. The van der Waals surface area contributed by atoms with Gasteiger partial charge in [-0.05, 0) is 37.8 Å². The number of aryl methyl sites for hydroxylation is 1. The van der Waals surface area contributed by atoms with E-state index in [2.05, 4.69) is 58.6 Å². The maximum atomic E-state index is 6.01. The third-order valence-electron chi connectivity index (χ3n) is 5.40. The van der Waals surface area contributed by atoms with Crippen molar-refractivity contribution >= 4 is 5.96 Å². The van der Waals surface area contributed by atoms with Crippen LogP contribution in [0.3, 0.4) is 0 Å². The van der Waals surface area contributed by atoms with Crippen LogP contribution in [0.1, 0.15) is 36.8 Å². The number of nitrogens with one attached hydrogen (secondary N) is 2. The molecule has 2 fully saturated rings. The first kappa shape index (κ1) is 18.2. The molecule has 3 unspecified atom stereocenters. The number of ether oxygens (including phenoxy) is 1. The van der Waals surface area contributed by atoms with Crippen LogP contribution in [-0.2, 0) is 4.74 Å². The summed E-state index contributed by atoms with van der Waals surface area (Å²) >= 11 is 0. The molecule has 0 radical (unpaired) electrons. The van der Waals surface area contributed by atoms with Gasteiger partial charge in [-0.15, -0.1) is 0 Å². The van der Waals surface area contributed by atoms with Crippen LogP contribution in [-0.4, -0.2) is 62.8 Å². The molecule has 0 spiro atoms. The third-order valence-corrected chi connectivity index (χ3v) is 5.40. The van der Waals surface area contributed by atoms with Crippen LogP contribution in [0.5, 0.6) is 0 Å². The molecule has 138 valence electrons. The SMILES string of the molecule is CN=C(NCC1CN2CCCC2CO1)NCC(C)c1ccc(C)cc1. The summed E-state index contributed by atoms with van der Waals surface area (Å²) in [4.78, 5) is 6.92. The molecule has 25 heavy (non-hydrogen) atoms. The van der Waals surface area contributed by atoms with Gasteiger partial charge in [0.05, 0.1) is 12.7 Å². The standard InChI is InChI=1S/C20H32N4O/c1-15-6-8-17(9-7-15)16(2)11-22-20(21-3)23-12-19-13-24-10-4-5-18(24)14-25-19/h6-9,16,18-19H,4-5,10-14H2,1-3H3,(H2,21,22,23). The Morgan fingerprint density at radius 2 is 2.12 bits per heavy atom. The van der Waals surface area contributed by atoms with Gasteiger partial charge in [0.15, 0.2) is 5.96 Å². The predicted molar refractivity (Wildman–Crippen MR) is 103 cm³/mol. The molecule has 1 aromatic carbocycles. The highest BCUT2D eigenvalue weighted by Gasteiger charge is 2.32. The predicted octanol–water partition coefficient (Wildman–Crippen LogP) is 2.13. The van der Waals surface area contributed by atoms with Crippen LogP contribution in [0, 0.1) is 6.92 Å². The quantitative estimate of drug-likeness (QED) is 0.635. The Hall–Kier alpha value is -1.59. The lowest BCUT2D eigenvalue weighted by molar-refractivity contribution is -0.0453. The van der Waals surface area contributed by atoms with E-state index >= 15 is 0 Å². The fraction of sp³-hybridized carbons (Fsp3) is 0.650. The highest BCUT2D eigenvalue weighted by molar-refractivity contribution is 5.79. The molecule has 0 aromatic heterocycles. The van der Waals surface area contributed by atoms with Crippen molar-refractivity contribution < 1.29 is 4.74 Å². The molecule has 5 heteroatoms. The van der Waals surface area contributed by atoms with E-state index in [0.717, 1.165) is 32.2 Å². The van der Waals surface area contributed by atoms with Crippen molar-refractivity contribution in [1.29, 1.82) is 0 Å². The van der Waals surface area contributed by atoms with Gasteiger partial charge in [-0.1, -0.05) is 36.8 Å². The summed E-state index contributed by atoms with van der Waals surface area (Å²) in [6, 6.07) is 9.42. The van der Waals surface area contributed by atoms with Crippen LogP contribution < -0.4 is 10.6 Å². The topological polar surface area (TPSA) is 48.9 Å². The van der Waals surface area contributed by atoms with Gasteiger partial charge in [0.2, 0.25) is 0 Å². The molecule has 2 saturated heterocycles. The molecule has 2 N–H and O–H groups in total. The number of guanidine groups is 1. The molecule has 2 aliphatic rings. The highest BCUT2D eigenvalue weighted by atomic mass is 16.5. The molecule has 2 aliphatic heterocycles. The minimum absolute atomic E-state index is 0.252. The van der Waals surface area contributed by atoms with Gasteiger partial charge < -0.3 is 15.4 Å². The van der Waals surface area contributed by atoms with E-state index in [1.165, 1.54) is 30.5 Å². The van der Waals surface area contributed by atoms with Gasteiger partial charge in [-0.2, -0.15) is 0 Å². The van der Waals surface area contributed by atoms with E-state index in [-0.39, 0.29) is 6.10 Å². The Kier molecular flexibility index (Phi) is 6.32. The number of rotatable bonds is 5. The maximum Gasteiger partial charge on any atom is 0.191 e. The van der Waals surface area contributed by atoms with E-state index < -0.39 is 0 Å². The normalized spacial score (nSPS) is 25.5. The summed E-state index contributed by atoms with van der Waals surface area (Å²) in [7, 11) is 1.82. The lowest BCUT2D eigenvalue weighted by Crippen LogP contribution is -2.51. The van der Waals surface area contributed by atoms with Crippen LogP contribution in [0.25, 0.3) is 0 Å². The van der Waals surface area contributed by atoms with Gasteiger partial charge in [0, 0.05) is 32.7 Å². The zero-order valence-corrected chi connectivity index (χ0v) is 15.8. The maximum absolute atomic E-state index is 6.01. The average molecular weight is 345 g/mol. The van der Waals surface area contributed by atoms with Crippen molar-refractivity contribution in [2.45, 2.75) is 44.8 Å². The Balaban J connectivity index is 1.41. The summed E-state index contributed by atoms with van der Waals surface area (Å²) in [5.41, 5.74) is 2.65. The minimum atomic E-state index is 0.252. The van der Waals surface area contributed by atoms with Crippen molar-refractivity contribution in [1.82, 2.24) is 15.5 Å². The van der Waals surface area contributed by atoms with E-state index in [9.17, 15) is 0 Å². The van der Waals surface area contributed by atoms with E-state index in [1.54, 1.807) is 0 Å². The molecule has 0 amide bonds. The highest BCUT2D eigenvalue weighted by Crippen LogP contribution is 2.22. The summed E-state index contributed by atoms with van der Waals surface area (Å²) in [5.74, 6) is 1.29. The number of morpholine rings is 1. The Morgan fingerprint density at radius 3 is 2.88 bits per heavy atom. The molecule has 0 saturated carbocycles. The van der Waals surface area contributed by atoms with E-state index in [0.29, 0.717) is 12.0 Å². The average Bonchev–Trinajstić information content (AvgIpc) is 3.10. The van der Waals surface area contributed by atoms with E-state index in [4.69, 9.17) is 4.74 Å². The second kappa shape index (κ2) is 8.68. The minimum Gasteiger partial charge on any atom is -0.373 e. The van der Waals surface area contributed by atoms with Gasteiger partial charge in [-0.25, -0.2) is 0 Å². The van der Waals surface area contributed by atoms with Gasteiger partial charge in [0.1, 0.15) is 0 Å². The Labute approximate surface area is 151 Å². The molecule has 0 aliphatic carbocycles. The number of benzene rings is 1. The van der Waals surface area contributed by atoms with Crippen molar-refractivity contribution in [3.63, 3.8) is 0 Å². The summed E-state index contributed by atoms with van der Waals surface area (Å²) in [5, 5.41) is 6.86. The van der Waals surface area contributed by atoms with Crippen LogP contribution >= 0.6 is 0 Å². The fourth-order valence-electron chi connectivity index (χ4n) is 3.70. The zero-order chi connectivity index (χ0) is 17.6. The molecule has 0 bridgehead atoms. The lowest BCUT2D eigenvalue weighted by atomic mass is 10.0. The van der Waals surface area contributed by atoms with Crippen LogP contribution in [0.2, 0.25) is 0 Å². The number of hydrogen-bond donors (Lipinski definition) is 2. The number of aliphatic imine (C=N–C) groups is 1. The largest absolute Gasteiger partial charge is 0.373 e. The van der Waals surface area contributed by atoms with Gasteiger partial charge in [0.25, 0.3) is 0 Å². The van der Waals surface area contributed by atoms with Crippen molar-refractivity contribution in [2.75, 3.05) is 39.8 Å². The molecule has 3 rings (SSSR count). The van der Waals surface area contributed by atoms with Crippen molar-refractivity contribution in [3.05, 3.63) is 35.4 Å². The fourth-order valence-corrected chi connectivity index (χ4v) is 3.70. The summed E-state index contributed by atoms with van der Waals surface area (Å²) in [6.07, 6.45) is 2.86. The summed E-state index contributed by atoms with van der Waals surface area (Å²) < 4.78 is 6.01. The molecular weight excluding hydrogens is 312 g/mol. The van der Waals surface area contributed by atoms with Crippen LogP contribution in [0.4, 0.5) is 0 Å². The van der Waals surface area contributed by atoms with Crippen molar-refractivity contribution in [3.8, 4) is 0 Å². The first-order valence-corrected chi connectivity index (χ1v) is 9.52. The van der Waals surface area contributed by atoms with E-state index in [1.807, 2.05) is 7.05 Å². The molecule has 5 nitrogen and oxygen atoms in total. The monoisotopic (exact) mass is 344 g/mol. The zero-order valence-electron chi connectivity index (χ0n) is 15.8. The van der Waals surface area contributed by atoms with Gasteiger partial charge >= 0.3 is 0 Å². The third kappa shape index (κ3) is 4.95. The molecule has 2 heterocycles. The molecular formula is C20H32N4O. The smallest absolute Gasteiger partial charge is 0.191 e. The second-order valence-electron chi connectivity index (χ2n) is 7.39. The lowest BCUT2D eigenvalue weighted by Gasteiger charge is -2.35. The van der Waals surface area contributed by atoms with Gasteiger partial charge in [-0.3, -0.25) is 9.89 Å².